The minimum Gasteiger partial charge on any atom is -0.497 e. The lowest BCUT2D eigenvalue weighted by atomic mass is 10.2. The van der Waals surface area contributed by atoms with Gasteiger partial charge in [0.1, 0.15) is 10.4 Å². The van der Waals surface area contributed by atoms with Gasteiger partial charge in [0.2, 0.25) is 18.1 Å². The minimum absolute atomic E-state index is 0.0506. The zero-order valence-corrected chi connectivity index (χ0v) is 25.8. The Kier molecular flexibility index (Phi) is 8.59. The Morgan fingerprint density at radius 2 is 1.93 bits per heavy atom. The van der Waals surface area contributed by atoms with Crippen molar-refractivity contribution in [3.05, 3.63) is 81.3 Å². The molecule has 0 saturated heterocycles. The van der Waals surface area contributed by atoms with Crippen LogP contribution < -0.4 is 24.4 Å². The Hall–Kier alpha value is -3.20. The fourth-order valence-corrected chi connectivity index (χ4v) is 7.28. The number of benzene rings is 3. The number of thioether (sulfide) groups is 1. The van der Waals surface area contributed by atoms with Crippen LogP contribution in [0.1, 0.15) is 31.3 Å². The topological polar surface area (TPSA) is 48.7 Å². The molecule has 1 N–H and O–H groups in total. The summed E-state index contributed by atoms with van der Waals surface area (Å²) in [6.07, 6.45) is 2.23. The van der Waals surface area contributed by atoms with Crippen molar-refractivity contribution in [2.75, 3.05) is 30.0 Å². The van der Waals surface area contributed by atoms with E-state index in [-0.39, 0.29) is 18.5 Å². The lowest BCUT2D eigenvalue weighted by molar-refractivity contribution is -0.672. The van der Waals surface area contributed by atoms with Gasteiger partial charge in [-0.3, -0.25) is 10.1 Å². The molecule has 2 heterocycles. The number of hydrogen-bond donors (Lipinski definition) is 1. The van der Waals surface area contributed by atoms with Gasteiger partial charge in [0.25, 0.3) is 5.01 Å². The largest absolute Gasteiger partial charge is 0.497 e. The van der Waals surface area contributed by atoms with Crippen LogP contribution in [0.4, 0.5) is 11.4 Å². The average molecular weight is 594 g/mol. The SMILES string of the molecule is CCN1/C(=C/c2sc3ccc(Cl)cc3[n+]2CNC(=O)CN(c2ccc(OC)cc2)C(C)C)Sc2ccc(C)cc21. The van der Waals surface area contributed by atoms with Crippen molar-refractivity contribution in [1.82, 2.24) is 5.32 Å². The molecule has 0 radical (unpaired) electrons. The molecule has 0 fully saturated rings. The molecule has 9 heteroatoms. The maximum absolute atomic E-state index is 13.2. The molecule has 1 aliphatic rings. The van der Waals surface area contributed by atoms with Crippen molar-refractivity contribution >= 4 is 68.3 Å². The number of amides is 1. The van der Waals surface area contributed by atoms with Crippen LogP contribution in [0.25, 0.3) is 16.3 Å². The number of methoxy groups -OCH3 is 1. The van der Waals surface area contributed by atoms with E-state index < -0.39 is 0 Å². The zero-order valence-electron chi connectivity index (χ0n) is 23.4. The number of nitrogens with zero attached hydrogens (tertiary/aromatic N) is 3. The first kappa shape index (κ1) is 28.3. The van der Waals surface area contributed by atoms with Crippen LogP contribution in [-0.2, 0) is 11.5 Å². The number of hydrogen-bond acceptors (Lipinski definition) is 6. The Bertz CT molecular complexity index is 1570. The Morgan fingerprint density at radius 3 is 2.62 bits per heavy atom. The molecule has 1 amide bonds. The molecule has 1 aliphatic heterocycles. The van der Waals surface area contributed by atoms with Crippen LogP contribution >= 0.6 is 34.7 Å². The molecule has 6 nitrogen and oxygen atoms in total. The van der Waals surface area contributed by atoms with Crippen LogP contribution in [0, 0.1) is 6.92 Å². The van der Waals surface area contributed by atoms with Crippen LogP contribution in [0.5, 0.6) is 5.75 Å². The molecular formula is C31H34ClN4O2S2+. The standard InChI is InChI=1S/C31H33ClN4O2S2/c1-6-34-25-15-21(4)7-13-27(25)39-30(34)17-31-36(26-16-22(32)8-14-28(26)40-31)19-33-29(37)18-35(20(2)3)23-9-11-24(38-5)12-10-23/h7-17,20H,6,18-19H2,1-5H3/p+1. The number of nitrogens with one attached hydrogen (secondary N) is 1. The summed E-state index contributed by atoms with van der Waals surface area (Å²) in [6, 6.07) is 20.5. The second kappa shape index (κ2) is 12.1. The third-order valence-electron chi connectivity index (χ3n) is 6.92. The van der Waals surface area contributed by atoms with E-state index in [1.54, 1.807) is 30.2 Å². The highest BCUT2D eigenvalue weighted by atomic mass is 35.5. The van der Waals surface area contributed by atoms with Gasteiger partial charge in [-0.25, -0.2) is 0 Å². The number of aryl methyl sites for hydroxylation is 1. The minimum atomic E-state index is -0.0506. The number of thiazole rings is 1. The summed E-state index contributed by atoms with van der Waals surface area (Å²) >= 11 is 9.89. The Labute approximate surface area is 249 Å². The maximum Gasteiger partial charge on any atom is 0.267 e. The van der Waals surface area contributed by atoms with Gasteiger partial charge < -0.3 is 14.5 Å². The first-order valence-electron chi connectivity index (χ1n) is 13.3. The number of halogens is 1. The van der Waals surface area contributed by atoms with E-state index in [0.717, 1.165) is 33.2 Å². The van der Waals surface area contributed by atoms with Crippen LogP contribution in [0.2, 0.25) is 5.02 Å². The Morgan fingerprint density at radius 1 is 1.15 bits per heavy atom. The van der Waals surface area contributed by atoms with Gasteiger partial charge in [-0.05, 0) is 81.8 Å². The zero-order chi connectivity index (χ0) is 28.4. The van der Waals surface area contributed by atoms with Crippen molar-refractivity contribution in [3.8, 4) is 5.75 Å². The molecule has 5 rings (SSSR count). The number of carbonyl (C=O) groups excluding carboxylic acids is 1. The highest BCUT2D eigenvalue weighted by Crippen LogP contribution is 2.47. The van der Waals surface area contributed by atoms with E-state index in [1.807, 2.05) is 42.5 Å². The first-order valence-corrected chi connectivity index (χ1v) is 15.4. The second-order valence-electron chi connectivity index (χ2n) is 9.96. The van der Waals surface area contributed by atoms with Crippen molar-refractivity contribution < 1.29 is 14.1 Å². The quantitative estimate of drug-likeness (QED) is 0.210. The van der Waals surface area contributed by atoms with Crippen molar-refractivity contribution in [2.24, 2.45) is 0 Å². The molecule has 0 aliphatic carbocycles. The third-order valence-corrected chi connectivity index (χ3v) is 9.38. The monoisotopic (exact) mass is 593 g/mol. The number of anilines is 2. The summed E-state index contributed by atoms with van der Waals surface area (Å²) in [7, 11) is 1.65. The maximum atomic E-state index is 13.2. The van der Waals surface area contributed by atoms with Gasteiger partial charge in [0.15, 0.2) is 0 Å². The van der Waals surface area contributed by atoms with E-state index in [2.05, 4.69) is 71.7 Å². The van der Waals surface area contributed by atoms with E-state index in [1.165, 1.54) is 21.2 Å². The predicted octanol–water partition coefficient (Wildman–Crippen LogP) is 7.08. The van der Waals surface area contributed by atoms with Gasteiger partial charge in [0.05, 0.1) is 30.4 Å². The number of fused-ring (bicyclic) bond motifs is 2. The third kappa shape index (κ3) is 5.94. The highest BCUT2D eigenvalue weighted by molar-refractivity contribution is 8.03. The molecule has 0 bridgehead atoms. The van der Waals surface area contributed by atoms with Crippen molar-refractivity contribution in [3.63, 3.8) is 0 Å². The molecule has 0 unspecified atom stereocenters. The van der Waals surface area contributed by atoms with Crippen LogP contribution in [0.15, 0.2) is 70.6 Å². The lowest BCUT2D eigenvalue weighted by Crippen LogP contribution is -2.48. The molecule has 4 aromatic rings. The van der Waals surface area contributed by atoms with Gasteiger partial charge in [0, 0.05) is 34.3 Å². The fraction of sp³-hybridized carbons (Fsp3) is 0.290. The molecule has 0 saturated carbocycles. The summed E-state index contributed by atoms with van der Waals surface area (Å²) < 4.78 is 8.55. The smallest absolute Gasteiger partial charge is 0.267 e. The van der Waals surface area contributed by atoms with Crippen molar-refractivity contribution in [2.45, 2.75) is 45.3 Å². The predicted molar refractivity (Wildman–Crippen MR) is 169 cm³/mol. The lowest BCUT2D eigenvalue weighted by Gasteiger charge is -2.28. The number of carbonyl (C=O) groups is 1. The van der Waals surface area contributed by atoms with Crippen LogP contribution in [-0.4, -0.2) is 32.1 Å². The molecule has 3 aromatic carbocycles. The van der Waals surface area contributed by atoms with Gasteiger partial charge >= 0.3 is 0 Å². The summed E-state index contributed by atoms with van der Waals surface area (Å²) in [5.41, 5.74) is 4.47. The highest BCUT2D eigenvalue weighted by Gasteiger charge is 2.28. The van der Waals surface area contributed by atoms with E-state index in [0.29, 0.717) is 11.7 Å². The molecule has 40 heavy (non-hydrogen) atoms. The summed E-state index contributed by atoms with van der Waals surface area (Å²) in [5.74, 6) is 0.739. The average Bonchev–Trinajstić information content (AvgIpc) is 3.46. The van der Waals surface area contributed by atoms with E-state index in [4.69, 9.17) is 16.3 Å². The second-order valence-corrected chi connectivity index (χ2v) is 12.5. The van der Waals surface area contributed by atoms with Gasteiger partial charge in [-0.1, -0.05) is 40.8 Å². The molecule has 1 aromatic heterocycles. The first-order chi connectivity index (χ1) is 19.3. The van der Waals surface area contributed by atoms with Gasteiger partial charge in [-0.2, -0.15) is 4.57 Å². The normalized spacial score (nSPS) is 13.8. The Balaban J connectivity index is 1.41. The van der Waals surface area contributed by atoms with Crippen molar-refractivity contribution in [1.29, 1.82) is 0 Å². The fourth-order valence-electron chi connectivity index (χ4n) is 4.82. The summed E-state index contributed by atoms with van der Waals surface area (Å²) in [5, 5.41) is 6.06. The molecular weight excluding hydrogens is 560 g/mol. The molecule has 0 spiro atoms. The van der Waals surface area contributed by atoms with E-state index >= 15 is 0 Å². The number of aromatic nitrogens is 1. The van der Waals surface area contributed by atoms with Gasteiger partial charge in [-0.15, -0.1) is 0 Å². The summed E-state index contributed by atoms with van der Waals surface area (Å²) in [4.78, 5) is 18.9. The number of ether oxygens (including phenoxy) is 1. The summed E-state index contributed by atoms with van der Waals surface area (Å²) in [6.45, 7) is 9.94. The molecule has 0 atom stereocenters. The van der Waals surface area contributed by atoms with E-state index in [9.17, 15) is 4.79 Å². The molecule has 208 valence electrons. The van der Waals surface area contributed by atoms with Crippen LogP contribution in [0.3, 0.4) is 0 Å². The number of rotatable bonds is 9.